The van der Waals surface area contributed by atoms with Crippen LogP contribution in [0.3, 0.4) is 0 Å². The van der Waals surface area contributed by atoms with Crippen molar-refractivity contribution in [2.45, 2.75) is 6.18 Å². The van der Waals surface area contributed by atoms with Crippen molar-refractivity contribution in [1.29, 1.82) is 0 Å². The summed E-state index contributed by atoms with van der Waals surface area (Å²) in [6.07, 6.45) is -4.43. The number of carbonyl (C=O) groups excluding carboxylic acids is 1. The Morgan fingerprint density at radius 2 is 1.71 bits per heavy atom. The number of nitrogens with zero attached hydrogens (tertiary/aromatic N) is 1. The lowest BCUT2D eigenvalue weighted by Gasteiger charge is -2.10. The molecule has 0 bridgehead atoms. The zero-order valence-corrected chi connectivity index (χ0v) is 10.5. The number of nitrogen functional groups attached to an aromatic ring is 1. The number of primary amides is 1. The third-order valence-corrected chi connectivity index (χ3v) is 2.54. The summed E-state index contributed by atoms with van der Waals surface area (Å²) in [5.74, 6) is -0.776. The van der Waals surface area contributed by atoms with E-state index >= 15 is 0 Å². The molecule has 0 saturated heterocycles. The molecule has 8 heteroatoms. The summed E-state index contributed by atoms with van der Waals surface area (Å²) in [4.78, 5) is 14.8. The number of ether oxygens (including phenoxy) is 1. The highest BCUT2D eigenvalue weighted by Gasteiger charge is 2.30. The van der Waals surface area contributed by atoms with E-state index in [-0.39, 0.29) is 23.0 Å². The molecule has 0 radical (unpaired) electrons. The highest BCUT2D eigenvalue weighted by molar-refractivity contribution is 5.91. The van der Waals surface area contributed by atoms with Gasteiger partial charge in [0.15, 0.2) is 0 Å². The molecule has 0 fully saturated rings. The van der Waals surface area contributed by atoms with Crippen molar-refractivity contribution >= 4 is 11.6 Å². The number of benzene rings is 1. The van der Waals surface area contributed by atoms with Crippen LogP contribution >= 0.6 is 0 Å². The summed E-state index contributed by atoms with van der Waals surface area (Å²) < 4.78 is 42.5. The number of pyridine rings is 1. The van der Waals surface area contributed by atoms with Crippen molar-refractivity contribution in [2.75, 3.05) is 5.73 Å². The summed E-state index contributed by atoms with van der Waals surface area (Å²) in [6, 6.07) is 6.67. The van der Waals surface area contributed by atoms with E-state index in [2.05, 4.69) is 4.98 Å². The molecule has 0 saturated carbocycles. The molecular weight excluding hydrogens is 287 g/mol. The molecule has 0 aliphatic carbocycles. The summed E-state index contributed by atoms with van der Waals surface area (Å²) in [5, 5.41) is 0. The second-order valence-electron chi connectivity index (χ2n) is 4.08. The van der Waals surface area contributed by atoms with Crippen molar-refractivity contribution < 1.29 is 22.7 Å². The Labute approximate surface area is 117 Å². The third-order valence-electron chi connectivity index (χ3n) is 2.54. The Balaban J connectivity index is 2.26. The average molecular weight is 297 g/mol. The number of nitrogens with two attached hydrogens (primary N) is 2. The number of rotatable bonds is 3. The van der Waals surface area contributed by atoms with Gasteiger partial charge < -0.3 is 16.2 Å². The van der Waals surface area contributed by atoms with Crippen LogP contribution in [0.15, 0.2) is 36.4 Å². The Hall–Kier alpha value is -2.77. The van der Waals surface area contributed by atoms with Gasteiger partial charge in [0.2, 0.25) is 5.88 Å². The van der Waals surface area contributed by atoms with Crippen LogP contribution < -0.4 is 16.2 Å². The SMILES string of the molecule is NC(=O)c1ccc(N)c(Oc2ccc(C(F)(F)F)cc2)n1. The maximum Gasteiger partial charge on any atom is 0.416 e. The molecule has 0 aliphatic rings. The molecule has 0 atom stereocenters. The molecule has 1 aromatic carbocycles. The van der Waals surface area contributed by atoms with Gasteiger partial charge in [0.25, 0.3) is 5.91 Å². The normalized spacial score (nSPS) is 11.2. The summed E-state index contributed by atoms with van der Waals surface area (Å²) in [5.41, 5.74) is 9.95. The summed E-state index contributed by atoms with van der Waals surface area (Å²) in [6.45, 7) is 0. The second kappa shape index (κ2) is 5.31. The average Bonchev–Trinajstić information content (AvgIpc) is 2.40. The Bertz CT molecular complexity index is 669. The first-order valence-corrected chi connectivity index (χ1v) is 5.69. The fraction of sp³-hybridized carbons (Fsp3) is 0.0769. The summed E-state index contributed by atoms with van der Waals surface area (Å²) >= 11 is 0. The smallest absolute Gasteiger partial charge is 0.416 e. The summed E-state index contributed by atoms with van der Waals surface area (Å²) in [7, 11) is 0. The zero-order valence-electron chi connectivity index (χ0n) is 10.5. The van der Waals surface area contributed by atoms with E-state index in [1.54, 1.807) is 0 Å². The van der Waals surface area contributed by atoms with E-state index in [9.17, 15) is 18.0 Å². The zero-order chi connectivity index (χ0) is 15.6. The van der Waals surface area contributed by atoms with E-state index in [1.165, 1.54) is 12.1 Å². The number of aromatic nitrogens is 1. The largest absolute Gasteiger partial charge is 0.437 e. The van der Waals surface area contributed by atoms with Gasteiger partial charge in [0, 0.05) is 0 Å². The Kier molecular flexibility index (Phi) is 3.70. The van der Waals surface area contributed by atoms with E-state index in [0.717, 1.165) is 24.3 Å². The molecule has 110 valence electrons. The lowest BCUT2D eigenvalue weighted by atomic mass is 10.2. The minimum absolute atomic E-state index is 0.0638. The van der Waals surface area contributed by atoms with Crippen molar-refractivity contribution in [3.8, 4) is 11.6 Å². The molecular formula is C13H10F3N3O2. The first-order valence-electron chi connectivity index (χ1n) is 5.69. The molecule has 0 unspecified atom stereocenters. The molecule has 2 aromatic rings. The topological polar surface area (TPSA) is 91.2 Å². The first-order chi connectivity index (χ1) is 9.77. The van der Waals surface area contributed by atoms with Crippen molar-refractivity contribution in [2.24, 2.45) is 5.73 Å². The van der Waals surface area contributed by atoms with Crippen LogP contribution in [0, 0.1) is 0 Å². The van der Waals surface area contributed by atoms with Crippen LogP contribution in [0.1, 0.15) is 16.1 Å². The van der Waals surface area contributed by atoms with Gasteiger partial charge in [-0.3, -0.25) is 4.79 Å². The molecule has 21 heavy (non-hydrogen) atoms. The molecule has 1 amide bonds. The standard InChI is InChI=1S/C13H10F3N3O2/c14-13(15,16)7-1-3-8(4-2-7)21-12-9(17)5-6-10(19-12)11(18)20/h1-6H,17H2,(H2,18,20). The minimum Gasteiger partial charge on any atom is -0.437 e. The number of carbonyl (C=O) groups is 1. The third kappa shape index (κ3) is 3.41. The number of amides is 1. The van der Waals surface area contributed by atoms with Crippen LogP contribution in [-0.4, -0.2) is 10.9 Å². The molecule has 2 rings (SSSR count). The van der Waals surface area contributed by atoms with E-state index in [4.69, 9.17) is 16.2 Å². The van der Waals surface area contributed by atoms with Gasteiger partial charge in [-0.1, -0.05) is 0 Å². The van der Waals surface area contributed by atoms with Gasteiger partial charge in [-0.25, -0.2) is 4.98 Å². The predicted octanol–water partition coefficient (Wildman–Crippen LogP) is 2.57. The van der Waals surface area contributed by atoms with Crippen molar-refractivity contribution in [3.63, 3.8) is 0 Å². The van der Waals surface area contributed by atoms with Gasteiger partial charge in [-0.05, 0) is 36.4 Å². The van der Waals surface area contributed by atoms with Gasteiger partial charge in [0.1, 0.15) is 11.4 Å². The minimum atomic E-state index is -4.43. The van der Waals surface area contributed by atoms with Crippen LogP contribution in [0.25, 0.3) is 0 Å². The molecule has 1 heterocycles. The lowest BCUT2D eigenvalue weighted by Crippen LogP contribution is -2.13. The molecule has 5 nitrogen and oxygen atoms in total. The maximum atomic E-state index is 12.4. The van der Waals surface area contributed by atoms with E-state index in [1.807, 2.05) is 0 Å². The van der Waals surface area contributed by atoms with Crippen LogP contribution in [0.2, 0.25) is 0 Å². The van der Waals surface area contributed by atoms with E-state index < -0.39 is 17.6 Å². The second-order valence-corrected chi connectivity index (χ2v) is 4.08. The fourth-order valence-corrected chi connectivity index (χ4v) is 1.49. The highest BCUT2D eigenvalue weighted by atomic mass is 19.4. The quantitative estimate of drug-likeness (QED) is 0.910. The van der Waals surface area contributed by atoms with Crippen molar-refractivity contribution in [1.82, 2.24) is 4.98 Å². The fourth-order valence-electron chi connectivity index (χ4n) is 1.49. The highest BCUT2D eigenvalue weighted by Crippen LogP contribution is 2.32. The number of anilines is 1. The number of hydrogen-bond acceptors (Lipinski definition) is 4. The van der Waals surface area contributed by atoms with Gasteiger partial charge in [0.05, 0.1) is 11.3 Å². The van der Waals surface area contributed by atoms with Crippen LogP contribution in [0.5, 0.6) is 11.6 Å². The number of hydrogen-bond donors (Lipinski definition) is 2. The first kappa shape index (κ1) is 14.6. The lowest BCUT2D eigenvalue weighted by molar-refractivity contribution is -0.137. The van der Waals surface area contributed by atoms with Crippen LogP contribution in [-0.2, 0) is 6.18 Å². The van der Waals surface area contributed by atoms with E-state index in [0.29, 0.717) is 0 Å². The van der Waals surface area contributed by atoms with Gasteiger partial charge >= 0.3 is 6.18 Å². The molecule has 0 aliphatic heterocycles. The number of halogens is 3. The number of alkyl halides is 3. The Morgan fingerprint density at radius 1 is 1.10 bits per heavy atom. The van der Waals surface area contributed by atoms with Crippen LogP contribution in [0.4, 0.5) is 18.9 Å². The predicted molar refractivity (Wildman–Crippen MR) is 68.7 cm³/mol. The van der Waals surface area contributed by atoms with Gasteiger partial charge in [-0.2, -0.15) is 13.2 Å². The van der Waals surface area contributed by atoms with Crippen molar-refractivity contribution in [3.05, 3.63) is 47.7 Å². The molecule has 1 aromatic heterocycles. The van der Waals surface area contributed by atoms with Gasteiger partial charge in [-0.15, -0.1) is 0 Å². The molecule has 4 N–H and O–H groups in total. The Morgan fingerprint density at radius 3 is 2.24 bits per heavy atom. The molecule has 0 spiro atoms. The maximum absolute atomic E-state index is 12.4. The monoisotopic (exact) mass is 297 g/mol.